The summed E-state index contributed by atoms with van der Waals surface area (Å²) in [6.07, 6.45) is 10.4. The van der Waals surface area contributed by atoms with Crippen LogP contribution >= 0.6 is 0 Å². The SMILES string of the molecule is Cc1ccncc1-c1cc2cc(NC(=O)/C=C/C(=O)Nc3cccnc3)ncc2c(N)n1. The van der Waals surface area contributed by atoms with E-state index in [4.69, 9.17) is 5.73 Å². The van der Waals surface area contributed by atoms with Gasteiger partial charge in [-0.15, -0.1) is 0 Å². The quantitative estimate of drug-likeness (QED) is 0.418. The summed E-state index contributed by atoms with van der Waals surface area (Å²) in [7, 11) is 0. The summed E-state index contributed by atoms with van der Waals surface area (Å²) in [5.41, 5.74) is 9.21. The predicted octanol–water partition coefficient (Wildman–Crippen LogP) is 3.11. The van der Waals surface area contributed by atoms with Crippen LogP contribution in [0.5, 0.6) is 0 Å². The summed E-state index contributed by atoms with van der Waals surface area (Å²) in [5, 5.41) is 6.68. The lowest BCUT2D eigenvalue weighted by molar-refractivity contribution is -0.114. The third kappa shape index (κ3) is 4.73. The third-order valence-corrected chi connectivity index (χ3v) is 4.63. The number of amides is 2. The van der Waals surface area contributed by atoms with E-state index < -0.39 is 11.8 Å². The van der Waals surface area contributed by atoms with E-state index in [1.165, 1.54) is 6.20 Å². The van der Waals surface area contributed by atoms with E-state index in [0.29, 0.717) is 28.4 Å². The molecule has 0 saturated heterocycles. The Kier molecular flexibility index (Phi) is 5.80. The Morgan fingerprint density at radius 3 is 2.50 bits per heavy atom. The van der Waals surface area contributed by atoms with Crippen molar-refractivity contribution in [2.75, 3.05) is 16.4 Å². The molecule has 9 nitrogen and oxygen atoms in total. The van der Waals surface area contributed by atoms with Crippen LogP contribution in [0.3, 0.4) is 0 Å². The summed E-state index contributed by atoms with van der Waals surface area (Å²) in [5.74, 6) is -0.295. The molecule has 0 fully saturated rings. The molecule has 4 rings (SSSR count). The van der Waals surface area contributed by atoms with Crippen molar-refractivity contribution in [2.24, 2.45) is 0 Å². The number of nitrogens with zero attached hydrogens (tertiary/aromatic N) is 4. The number of carbonyl (C=O) groups excluding carboxylic acids is 2. The number of aryl methyl sites for hydroxylation is 1. The Morgan fingerprint density at radius 1 is 0.969 bits per heavy atom. The number of anilines is 3. The predicted molar refractivity (Wildman–Crippen MR) is 123 cm³/mol. The summed E-state index contributed by atoms with van der Waals surface area (Å²) in [6, 6.07) is 8.85. The zero-order valence-electron chi connectivity index (χ0n) is 17.1. The van der Waals surface area contributed by atoms with Crippen molar-refractivity contribution in [3.05, 3.63) is 79.0 Å². The van der Waals surface area contributed by atoms with Crippen LogP contribution in [0.25, 0.3) is 22.0 Å². The van der Waals surface area contributed by atoms with Crippen LogP contribution in [0, 0.1) is 6.92 Å². The standard InChI is InChI=1S/C23H19N7O2/c1-14-6-8-26-12-17(14)19-9-15-10-20(27-13-18(15)23(24)29-19)30-22(32)5-4-21(31)28-16-3-2-7-25-11-16/h2-13H,1H3,(H2,24,29)(H,28,31)(H,27,30,32)/b5-4+. The molecule has 0 aliphatic carbocycles. The lowest BCUT2D eigenvalue weighted by Gasteiger charge is -2.09. The maximum absolute atomic E-state index is 12.2. The number of fused-ring (bicyclic) bond motifs is 1. The van der Waals surface area contributed by atoms with E-state index in [0.717, 1.165) is 28.7 Å². The number of pyridine rings is 4. The molecule has 0 aliphatic heterocycles. The fourth-order valence-electron chi connectivity index (χ4n) is 3.05. The van der Waals surface area contributed by atoms with Gasteiger partial charge in [-0.1, -0.05) is 0 Å². The average molecular weight is 425 g/mol. The topological polar surface area (TPSA) is 136 Å². The Labute approximate surface area is 183 Å². The van der Waals surface area contributed by atoms with Crippen LogP contribution in [0.1, 0.15) is 5.56 Å². The van der Waals surface area contributed by atoms with Crippen molar-refractivity contribution in [1.29, 1.82) is 0 Å². The summed E-state index contributed by atoms with van der Waals surface area (Å²) in [4.78, 5) is 40.9. The fraction of sp³-hybridized carbons (Fsp3) is 0.0435. The van der Waals surface area contributed by atoms with Crippen molar-refractivity contribution in [3.63, 3.8) is 0 Å². The van der Waals surface area contributed by atoms with Crippen molar-refractivity contribution in [3.8, 4) is 11.3 Å². The lowest BCUT2D eigenvalue weighted by atomic mass is 10.1. The van der Waals surface area contributed by atoms with Crippen molar-refractivity contribution in [1.82, 2.24) is 19.9 Å². The fourth-order valence-corrected chi connectivity index (χ4v) is 3.05. The van der Waals surface area contributed by atoms with Gasteiger partial charge in [0.1, 0.15) is 11.6 Å². The van der Waals surface area contributed by atoms with Gasteiger partial charge in [0, 0.05) is 47.9 Å². The molecular formula is C23H19N7O2. The van der Waals surface area contributed by atoms with Crippen LogP contribution in [-0.4, -0.2) is 31.8 Å². The molecule has 0 bridgehead atoms. The minimum atomic E-state index is -0.497. The van der Waals surface area contributed by atoms with E-state index in [2.05, 4.69) is 30.6 Å². The number of nitrogens with one attached hydrogen (secondary N) is 2. The van der Waals surface area contributed by atoms with Gasteiger partial charge in [-0.2, -0.15) is 0 Å². The average Bonchev–Trinajstić information content (AvgIpc) is 2.78. The number of hydrogen-bond acceptors (Lipinski definition) is 7. The molecule has 32 heavy (non-hydrogen) atoms. The second-order valence-electron chi connectivity index (χ2n) is 6.93. The first-order chi connectivity index (χ1) is 15.5. The normalized spacial score (nSPS) is 10.9. The van der Waals surface area contributed by atoms with Gasteiger partial charge in [-0.05, 0) is 48.2 Å². The van der Waals surface area contributed by atoms with Gasteiger partial charge < -0.3 is 16.4 Å². The van der Waals surface area contributed by atoms with Gasteiger partial charge in [0.25, 0.3) is 0 Å². The highest BCUT2D eigenvalue weighted by atomic mass is 16.2. The molecule has 0 aromatic carbocycles. The first kappa shape index (κ1) is 20.6. The van der Waals surface area contributed by atoms with Gasteiger partial charge in [0.2, 0.25) is 11.8 Å². The van der Waals surface area contributed by atoms with E-state index >= 15 is 0 Å². The first-order valence-electron chi connectivity index (χ1n) is 9.67. The molecule has 4 N–H and O–H groups in total. The molecule has 0 atom stereocenters. The Balaban J connectivity index is 1.51. The largest absolute Gasteiger partial charge is 0.383 e. The van der Waals surface area contributed by atoms with Crippen molar-refractivity contribution >= 4 is 39.9 Å². The zero-order chi connectivity index (χ0) is 22.5. The van der Waals surface area contributed by atoms with Gasteiger partial charge >= 0.3 is 0 Å². The molecule has 4 aromatic heterocycles. The molecule has 0 saturated carbocycles. The molecule has 0 aliphatic rings. The van der Waals surface area contributed by atoms with Gasteiger partial charge in [0.15, 0.2) is 0 Å². The Morgan fingerprint density at radius 2 is 1.75 bits per heavy atom. The smallest absolute Gasteiger partial charge is 0.249 e. The number of nitrogens with two attached hydrogens (primary N) is 1. The minimum absolute atomic E-state index is 0.319. The number of aromatic nitrogens is 4. The molecule has 158 valence electrons. The maximum atomic E-state index is 12.2. The first-order valence-corrected chi connectivity index (χ1v) is 9.67. The number of carbonyl (C=O) groups is 2. The molecule has 0 unspecified atom stereocenters. The molecular weight excluding hydrogens is 406 g/mol. The van der Waals surface area contributed by atoms with Crippen LogP contribution < -0.4 is 16.4 Å². The number of hydrogen-bond donors (Lipinski definition) is 3. The van der Waals surface area contributed by atoms with Crippen molar-refractivity contribution in [2.45, 2.75) is 6.92 Å². The van der Waals surface area contributed by atoms with Gasteiger partial charge in [0.05, 0.1) is 17.6 Å². The third-order valence-electron chi connectivity index (χ3n) is 4.63. The Hall–Kier alpha value is -4.66. The van der Waals surface area contributed by atoms with Crippen LogP contribution in [-0.2, 0) is 9.59 Å². The summed E-state index contributed by atoms with van der Waals surface area (Å²) < 4.78 is 0. The van der Waals surface area contributed by atoms with Crippen LogP contribution in [0.15, 0.2) is 73.5 Å². The lowest BCUT2D eigenvalue weighted by Crippen LogP contribution is -2.12. The van der Waals surface area contributed by atoms with Gasteiger partial charge in [-0.25, -0.2) is 9.97 Å². The molecule has 2 amide bonds. The molecule has 9 heteroatoms. The number of rotatable bonds is 5. The van der Waals surface area contributed by atoms with E-state index in [-0.39, 0.29) is 0 Å². The van der Waals surface area contributed by atoms with Crippen LogP contribution in [0.2, 0.25) is 0 Å². The molecule has 0 radical (unpaired) electrons. The second kappa shape index (κ2) is 9.00. The van der Waals surface area contributed by atoms with Gasteiger partial charge in [-0.3, -0.25) is 19.6 Å². The maximum Gasteiger partial charge on any atom is 0.249 e. The zero-order valence-corrected chi connectivity index (χ0v) is 17.1. The summed E-state index contributed by atoms with van der Waals surface area (Å²) >= 11 is 0. The Bertz CT molecular complexity index is 1340. The molecule has 0 spiro atoms. The second-order valence-corrected chi connectivity index (χ2v) is 6.93. The van der Waals surface area contributed by atoms with E-state index in [9.17, 15) is 9.59 Å². The van der Waals surface area contributed by atoms with E-state index in [1.807, 2.05) is 19.1 Å². The minimum Gasteiger partial charge on any atom is -0.383 e. The molecule has 4 heterocycles. The van der Waals surface area contributed by atoms with Crippen LogP contribution in [0.4, 0.5) is 17.3 Å². The highest BCUT2D eigenvalue weighted by molar-refractivity contribution is 6.07. The van der Waals surface area contributed by atoms with E-state index in [1.54, 1.807) is 43.0 Å². The number of nitrogen functional groups attached to an aromatic ring is 1. The monoisotopic (exact) mass is 425 g/mol. The highest BCUT2D eigenvalue weighted by Crippen LogP contribution is 2.28. The summed E-state index contributed by atoms with van der Waals surface area (Å²) in [6.45, 7) is 1.97. The molecule has 4 aromatic rings. The van der Waals surface area contributed by atoms with Crippen molar-refractivity contribution < 1.29 is 9.59 Å². The highest BCUT2D eigenvalue weighted by Gasteiger charge is 2.10.